The SMILES string of the molecule is C#CCSCCNc1cc(Cl)c(N)cc1C. The predicted molar refractivity (Wildman–Crippen MR) is 75.2 cm³/mol. The van der Waals surface area contributed by atoms with Crippen LogP contribution in [0, 0.1) is 19.3 Å². The average molecular weight is 255 g/mol. The lowest BCUT2D eigenvalue weighted by molar-refractivity contribution is 1.21. The Bertz CT molecular complexity index is 399. The van der Waals surface area contributed by atoms with Crippen molar-refractivity contribution in [1.82, 2.24) is 0 Å². The van der Waals surface area contributed by atoms with Gasteiger partial charge in [-0.25, -0.2) is 0 Å². The van der Waals surface area contributed by atoms with E-state index in [-0.39, 0.29) is 0 Å². The highest BCUT2D eigenvalue weighted by Gasteiger charge is 2.02. The first-order valence-corrected chi connectivity index (χ1v) is 6.49. The summed E-state index contributed by atoms with van der Waals surface area (Å²) in [6.45, 7) is 2.87. The molecule has 0 amide bonds. The summed E-state index contributed by atoms with van der Waals surface area (Å²) < 4.78 is 0. The number of nitrogens with one attached hydrogen (secondary N) is 1. The smallest absolute Gasteiger partial charge is 0.0656 e. The number of hydrogen-bond acceptors (Lipinski definition) is 3. The van der Waals surface area contributed by atoms with E-state index in [1.165, 1.54) is 0 Å². The number of hydrogen-bond donors (Lipinski definition) is 2. The van der Waals surface area contributed by atoms with Crippen LogP contribution in [0.2, 0.25) is 5.02 Å². The molecule has 0 aliphatic carbocycles. The minimum atomic E-state index is 0.587. The Morgan fingerprint density at radius 3 is 3.00 bits per heavy atom. The molecule has 0 saturated heterocycles. The Kier molecular flexibility index (Phi) is 5.37. The Morgan fingerprint density at radius 2 is 2.31 bits per heavy atom. The topological polar surface area (TPSA) is 38.0 Å². The molecule has 4 heteroatoms. The highest BCUT2D eigenvalue weighted by molar-refractivity contribution is 7.99. The minimum absolute atomic E-state index is 0.587. The van der Waals surface area contributed by atoms with E-state index in [9.17, 15) is 0 Å². The van der Waals surface area contributed by atoms with Gasteiger partial charge in [-0.1, -0.05) is 17.5 Å². The third-order valence-corrected chi connectivity index (χ3v) is 3.28. The monoisotopic (exact) mass is 254 g/mol. The van der Waals surface area contributed by atoms with E-state index in [4.69, 9.17) is 23.8 Å². The molecule has 1 aromatic rings. The van der Waals surface area contributed by atoms with Gasteiger partial charge in [0, 0.05) is 18.0 Å². The zero-order chi connectivity index (χ0) is 12.0. The maximum absolute atomic E-state index is 5.95. The fourth-order valence-corrected chi connectivity index (χ4v) is 1.96. The molecular formula is C12H15ClN2S. The summed E-state index contributed by atoms with van der Waals surface area (Å²) in [6.07, 6.45) is 5.16. The van der Waals surface area contributed by atoms with Crippen LogP contribution in [0.25, 0.3) is 0 Å². The van der Waals surface area contributed by atoms with Gasteiger partial charge in [0.2, 0.25) is 0 Å². The first-order chi connectivity index (χ1) is 7.65. The standard InChI is InChI=1S/C12H15ClN2S/c1-3-5-16-6-4-15-12-8-10(13)11(14)7-9(12)2/h1,7-8,15H,4-6,14H2,2H3. The Balaban J connectivity index is 2.48. The number of nitrogen functional groups attached to an aromatic ring is 1. The molecule has 0 aromatic heterocycles. The second-order valence-electron chi connectivity index (χ2n) is 3.37. The number of thioether (sulfide) groups is 1. The van der Waals surface area contributed by atoms with Crippen molar-refractivity contribution in [2.24, 2.45) is 0 Å². The molecule has 3 N–H and O–H groups in total. The summed E-state index contributed by atoms with van der Waals surface area (Å²) in [5, 5.41) is 3.90. The molecule has 0 saturated carbocycles. The molecule has 0 aliphatic heterocycles. The second kappa shape index (κ2) is 6.57. The third kappa shape index (κ3) is 3.88. The van der Waals surface area contributed by atoms with Crippen LogP contribution in [0.4, 0.5) is 11.4 Å². The van der Waals surface area contributed by atoms with Gasteiger partial charge < -0.3 is 11.1 Å². The fourth-order valence-electron chi connectivity index (χ4n) is 1.28. The van der Waals surface area contributed by atoms with Crippen molar-refractivity contribution in [3.63, 3.8) is 0 Å². The number of anilines is 2. The van der Waals surface area contributed by atoms with E-state index in [1.54, 1.807) is 11.8 Å². The molecule has 0 heterocycles. The summed E-state index contributed by atoms with van der Waals surface area (Å²) in [7, 11) is 0. The second-order valence-corrected chi connectivity index (χ2v) is 4.88. The normalized spacial score (nSPS) is 9.81. The molecule has 16 heavy (non-hydrogen) atoms. The number of aryl methyl sites for hydroxylation is 1. The van der Waals surface area contributed by atoms with Crippen molar-refractivity contribution in [2.75, 3.05) is 29.1 Å². The van der Waals surface area contributed by atoms with E-state index >= 15 is 0 Å². The summed E-state index contributed by atoms with van der Waals surface area (Å²) in [4.78, 5) is 0. The van der Waals surface area contributed by atoms with Gasteiger partial charge >= 0.3 is 0 Å². The molecule has 0 spiro atoms. The molecule has 86 valence electrons. The molecule has 0 bridgehead atoms. The van der Waals surface area contributed by atoms with Gasteiger partial charge in [0.15, 0.2) is 0 Å². The van der Waals surface area contributed by atoms with Gasteiger partial charge in [0.25, 0.3) is 0 Å². The van der Waals surface area contributed by atoms with Crippen molar-refractivity contribution in [1.29, 1.82) is 0 Å². The average Bonchev–Trinajstić information content (AvgIpc) is 2.25. The van der Waals surface area contributed by atoms with Gasteiger partial charge in [-0.05, 0) is 24.6 Å². The largest absolute Gasteiger partial charge is 0.398 e. The van der Waals surface area contributed by atoms with Crippen LogP contribution >= 0.6 is 23.4 Å². The number of benzene rings is 1. The van der Waals surface area contributed by atoms with E-state index in [0.717, 1.165) is 29.3 Å². The van der Waals surface area contributed by atoms with Gasteiger partial charge in [0.05, 0.1) is 16.5 Å². The summed E-state index contributed by atoms with van der Waals surface area (Å²) in [5.41, 5.74) is 8.44. The van der Waals surface area contributed by atoms with Crippen molar-refractivity contribution in [2.45, 2.75) is 6.92 Å². The van der Waals surface area contributed by atoms with Crippen LogP contribution in [0.3, 0.4) is 0 Å². The first-order valence-electron chi connectivity index (χ1n) is 4.96. The summed E-state index contributed by atoms with van der Waals surface area (Å²) in [6, 6.07) is 3.73. The van der Waals surface area contributed by atoms with Crippen LogP contribution in [0.1, 0.15) is 5.56 Å². The van der Waals surface area contributed by atoms with E-state index in [2.05, 4.69) is 11.2 Å². The van der Waals surface area contributed by atoms with Crippen molar-refractivity contribution in [3.8, 4) is 12.3 Å². The summed E-state index contributed by atoms with van der Waals surface area (Å²) >= 11 is 7.68. The number of nitrogens with two attached hydrogens (primary N) is 1. The Morgan fingerprint density at radius 1 is 1.56 bits per heavy atom. The highest BCUT2D eigenvalue weighted by Crippen LogP contribution is 2.26. The van der Waals surface area contributed by atoms with Crippen LogP contribution in [-0.2, 0) is 0 Å². The van der Waals surface area contributed by atoms with E-state index < -0.39 is 0 Å². The minimum Gasteiger partial charge on any atom is -0.398 e. The number of terminal acetylenes is 1. The Hall–Kier alpha value is -0.980. The lowest BCUT2D eigenvalue weighted by atomic mass is 10.2. The van der Waals surface area contributed by atoms with Gasteiger partial charge in [-0.3, -0.25) is 0 Å². The molecule has 1 aromatic carbocycles. The molecule has 0 aliphatic rings. The first kappa shape index (κ1) is 13.1. The molecule has 0 radical (unpaired) electrons. The zero-order valence-electron chi connectivity index (χ0n) is 9.22. The van der Waals surface area contributed by atoms with Gasteiger partial charge in [0.1, 0.15) is 0 Å². The van der Waals surface area contributed by atoms with Crippen molar-refractivity contribution >= 4 is 34.7 Å². The molecule has 0 atom stereocenters. The number of halogens is 1. The maximum Gasteiger partial charge on any atom is 0.0656 e. The summed E-state index contributed by atoms with van der Waals surface area (Å²) in [5.74, 6) is 4.32. The van der Waals surface area contributed by atoms with Crippen molar-refractivity contribution < 1.29 is 0 Å². The lowest BCUT2D eigenvalue weighted by Crippen LogP contribution is -2.06. The maximum atomic E-state index is 5.95. The predicted octanol–water partition coefficient (Wildman–Crippen LogP) is 3.01. The Labute approximate surface area is 106 Å². The molecule has 0 unspecified atom stereocenters. The molecule has 1 rings (SSSR count). The molecule has 0 fully saturated rings. The lowest BCUT2D eigenvalue weighted by Gasteiger charge is -2.10. The van der Waals surface area contributed by atoms with Gasteiger partial charge in [-0.15, -0.1) is 18.2 Å². The highest BCUT2D eigenvalue weighted by atomic mass is 35.5. The van der Waals surface area contributed by atoms with Crippen LogP contribution in [0.15, 0.2) is 12.1 Å². The third-order valence-electron chi connectivity index (χ3n) is 2.09. The fraction of sp³-hybridized carbons (Fsp3) is 0.333. The van der Waals surface area contributed by atoms with E-state index in [0.29, 0.717) is 10.7 Å². The zero-order valence-corrected chi connectivity index (χ0v) is 10.8. The number of rotatable bonds is 5. The van der Waals surface area contributed by atoms with Crippen LogP contribution < -0.4 is 11.1 Å². The van der Waals surface area contributed by atoms with Crippen LogP contribution in [-0.4, -0.2) is 18.1 Å². The van der Waals surface area contributed by atoms with Gasteiger partial charge in [-0.2, -0.15) is 0 Å². The van der Waals surface area contributed by atoms with E-state index in [1.807, 2.05) is 19.1 Å². The molecule has 2 nitrogen and oxygen atoms in total. The van der Waals surface area contributed by atoms with Crippen molar-refractivity contribution in [3.05, 3.63) is 22.7 Å². The quantitative estimate of drug-likeness (QED) is 0.482. The van der Waals surface area contributed by atoms with Crippen LogP contribution in [0.5, 0.6) is 0 Å². The molecular weight excluding hydrogens is 240 g/mol.